The Balaban J connectivity index is 1.79. The van der Waals surface area contributed by atoms with Crippen molar-refractivity contribution in [1.82, 2.24) is 20.0 Å². The van der Waals surface area contributed by atoms with E-state index in [0.717, 1.165) is 28.1 Å². The fourth-order valence-electron chi connectivity index (χ4n) is 2.99. The van der Waals surface area contributed by atoms with E-state index in [1.165, 1.54) is 6.07 Å². The Morgan fingerprint density at radius 3 is 2.44 bits per heavy atom. The van der Waals surface area contributed by atoms with E-state index in [9.17, 15) is 4.79 Å². The Labute approximate surface area is 156 Å². The molecule has 0 aliphatic carbocycles. The lowest BCUT2D eigenvalue weighted by atomic mass is 10.1. The Hall–Kier alpha value is -3.67. The molecule has 0 unspecified atom stereocenters. The second-order valence-electron chi connectivity index (χ2n) is 6.09. The van der Waals surface area contributed by atoms with Crippen molar-refractivity contribution >= 4 is 0 Å². The van der Waals surface area contributed by atoms with Gasteiger partial charge in [0.1, 0.15) is 5.75 Å². The molecule has 2 heterocycles. The van der Waals surface area contributed by atoms with Crippen LogP contribution in [-0.4, -0.2) is 27.1 Å². The number of hydrogen-bond donors (Lipinski definition) is 1. The molecule has 0 spiro atoms. The summed E-state index contributed by atoms with van der Waals surface area (Å²) in [5, 5.41) is 11.2. The van der Waals surface area contributed by atoms with E-state index in [-0.39, 0.29) is 5.56 Å². The monoisotopic (exact) mass is 358 g/mol. The van der Waals surface area contributed by atoms with Gasteiger partial charge < -0.3 is 4.74 Å². The zero-order valence-corrected chi connectivity index (χ0v) is 14.8. The van der Waals surface area contributed by atoms with Gasteiger partial charge in [0.15, 0.2) is 0 Å². The van der Waals surface area contributed by atoms with Crippen molar-refractivity contribution in [3.05, 3.63) is 88.8 Å². The highest BCUT2D eigenvalue weighted by Crippen LogP contribution is 2.31. The van der Waals surface area contributed by atoms with Crippen LogP contribution in [0.2, 0.25) is 0 Å². The first-order valence-corrected chi connectivity index (χ1v) is 8.55. The minimum Gasteiger partial charge on any atom is -0.497 e. The number of nitrogens with zero attached hydrogens (tertiary/aromatic N) is 3. The van der Waals surface area contributed by atoms with Crippen molar-refractivity contribution in [3.8, 4) is 28.3 Å². The zero-order chi connectivity index (χ0) is 18.6. The van der Waals surface area contributed by atoms with E-state index >= 15 is 0 Å². The number of aromatic nitrogens is 4. The maximum absolute atomic E-state index is 11.4. The molecule has 6 nitrogen and oxygen atoms in total. The van der Waals surface area contributed by atoms with Gasteiger partial charge in [0.2, 0.25) is 0 Å². The van der Waals surface area contributed by atoms with E-state index < -0.39 is 0 Å². The summed E-state index contributed by atoms with van der Waals surface area (Å²) in [6.07, 6.45) is 1.78. The fourth-order valence-corrected chi connectivity index (χ4v) is 2.99. The predicted octanol–water partition coefficient (Wildman–Crippen LogP) is 3.36. The highest BCUT2D eigenvalue weighted by Gasteiger charge is 2.16. The lowest BCUT2D eigenvalue weighted by Gasteiger charge is -2.10. The molecule has 0 fully saturated rings. The molecule has 0 amide bonds. The van der Waals surface area contributed by atoms with E-state index in [4.69, 9.17) is 4.74 Å². The molecule has 2 aromatic heterocycles. The fraction of sp³-hybridized carbons (Fsp3) is 0.0952. The molecule has 6 heteroatoms. The molecular formula is C21H18N4O2. The summed E-state index contributed by atoms with van der Waals surface area (Å²) in [7, 11) is 1.65. The number of methoxy groups -OCH3 is 1. The molecule has 134 valence electrons. The van der Waals surface area contributed by atoms with Gasteiger partial charge in [0.05, 0.1) is 31.2 Å². The quantitative estimate of drug-likeness (QED) is 0.594. The minimum absolute atomic E-state index is 0.231. The topological polar surface area (TPSA) is 72.8 Å². The first-order chi connectivity index (χ1) is 13.2. The molecular weight excluding hydrogens is 340 g/mol. The molecule has 27 heavy (non-hydrogen) atoms. The Morgan fingerprint density at radius 1 is 1.00 bits per heavy atom. The van der Waals surface area contributed by atoms with Gasteiger partial charge in [-0.2, -0.15) is 10.2 Å². The van der Waals surface area contributed by atoms with Crippen LogP contribution in [0.3, 0.4) is 0 Å². The minimum atomic E-state index is -0.231. The smallest absolute Gasteiger partial charge is 0.264 e. The first-order valence-electron chi connectivity index (χ1n) is 8.55. The molecule has 0 saturated carbocycles. The van der Waals surface area contributed by atoms with Gasteiger partial charge in [-0.1, -0.05) is 42.5 Å². The predicted molar refractivity (Wildman–Crippen MR) is 104 cm³/mol. The maximum atomic E-state index is 11.4. The van der Waals surface area contributed by atoms with Crippen LogP contribution in [0, 0.1) is 0 Å². The van der Waals surface area contributed by atoms with Crippen molar-refractivity contribution in [2.75, 3.05) is 7.11 Å². The van der Waals surface area contributed by atoms with E-state index in [1.807, 2.05) is 59.3 Å². The molecule has 4 rings (SSSR count). The highest BCUT2D eigenvalue weighted by molar-refractivity contribution is 5.78. The summed E-state index contributed by atoms with van der Waals surface area (Å²) in [5.41, 5.74) is 4.40. The normalized spacial score (nSPS) is 10.7. The van der Waals surface area contributed by atoms with Gasteiger partial charge in [-0.25, -0.2) is 5.10 Å². The van der Waals surface area contributed by atoms with Gasteiger partial charge in [-0.3, -0.25) is 9.48 Å². The molecule has 0 saturated heterocycles. The molecule has 1 N–H and O–H groups in total. The molecule has 0 bridgehead atoms. The lowest BCUT2D eigenvalue weighted by molar-refractivity contribution is 0.414. The Morgan fingerprint density at radius 2 is 1.78 bits per heavy atom. The van der Waals surface area contributed by atoms with Crippen molar-refractivity contribution in [2.45, 2.75) is 6.54 Å². The molecule has 0 aliphatic rings. The average Bonchev–Trinajstić information content (AvgIpc) is 3.13. The van der Waals surface area contributed by atoms with Crippen molar-refractivity contribution < 1.29 is 4.74 Å². The molecule has 0 radical (unpaired) electrons. The number of rotatable bonds is 5. The van der Waals surface area contributed by atoms with Crippen molar-refractivity contribution in [1.29, 1.82) is 0 Å². The lowest BCUT2D eigenvalue weighted by Crippen LogP contribution is -2.06. The standard InChI is InChI=1S/C21H18N4O2/c1-27-17-9-7-15(8-10-17)14-25-21(16-5-3-2-4-6-16)18(13-22-25)19-11-12-20(26)24-23-19/h2-13H,14H2,1H3,(H,24,26). The molecule has 0 atom stereocenters. The third-order valence-corrected chi connectivity index (χ3v) is 4.33. The summed E-state index contributed by atoms with van der Waals surface area (Å²) in [6, 6.07) is 21.1. The second kappa shape index (κ2) is 7.29. The van der Waals surface area contributed by atoms with E-state index in [0.29, 0.717) is 12.2 Å². The molecule has 0 aliphatic heterocycles. The van der Waals surface area contributed by atoms with E-state index in [2.05, 4.69) is 15.3 Å². The number of ether oxygens (including phenoxy) is 1. The largest absolute Gasteiger partial charge is 0.497 e. The van der Waals surface area contributed by atoms with Gasteiger partial charge in [0.25, 0.3) is 5.56 Å². The van der Waals surface area contributed by atoms with Crippen LogP contribution in [0.25, 0.3) is 22.5 Å². The van der Waals surface area contributed by atoms with Crippen LogP contribution in [0.5, 0.6) is 5.75 Å². The number of H-pyrrole nitrogens is 1. The van der Waals surface area contributed by atoms with Crippen molar-refractivity contribution in [2.24, 2.45) is 0 Å². The third-order valence-electron chi connectivity index (χ3n) is 4.33. The Kier molecular flexibility index (Phi) is 4.53. The van der Waals surface area contributed by atoms with Crippen LogP contribution in [0.4, 0.5) is 0 Å². The Bertz CT molecular complexity index is 1080. The number of nitrogens with one attached hydrogen (secondary N) is 1. The average molecular weight is 358 g/mol. The van der Waals surface area contributed by atoms with Crippen LogP contribution in [0.15, 0.2) is 77.7 Å². The third kappa shape index (κ3) is 3.50. The summed E-state index contributed by atoms with van der Waals surface area (Å²) in [6.45, 7) is 0.609. The van der Waals surface area contributed by atoms with Gasteiger partial charge in [-0.15, -0.1) is 0 Å². The number of aromatic amines is 1. The summed E-state index contributed by atoms with van der Waals surface area (Å²) in [5.74, 6) is 0.820. The van der Waals surface area contributed by atoms with Gasteiger partial charge >= 0.3 is 0 Å². The highest BCUT2D eigenvalue weighted by atomic mass is 16.5. The van der Waals surface area contributed by atoms with E-state index in [1.54, 1.807) is 19.4 Å². The first kappa shape index (κ1) is 16.8. The van der Waals surface area contributed by atoms with Crippen LogP contribution < -0.4 is 10.3 Å². The van der Waals surface area contributed by atoms with Crippen molar-refractivity contribution in [3.63, 3.8) is 0 Å². The maximum Gasteiger partial charge on any atom is 0.264 e. The number of hydrogen-bond acceptors (Lipinski definition) is 4. The summed E-state index contributed by atoms with van der Waals surface area (Å²) < 4.78 is 7.17. The summed E-state index contributed by atoms with van der Waals surface area (Å²) in [4.78, 5) is 11.4. The van der Waals surface area contributed by atoms with Gasteiger partial charge in [-0.05, 0) is 23.8 Å². The number of benzene rings is 2. The molecule has 4 aromatic rings. The van der Waals surface area contributed by atoms with Gasteiger partial charge in [0, 0.05) is 17.2 Å². The van der Waals surface area contributed by atoms with Crippen LogP contribution >= 0.6 is 0 Å². The van der Waals surface area contributed by atoms with Crippen LogP contribution in [0.1, 0.15) is 5.56 Å². The molecule has 2 aromatic carbocycles. The second-order valence-corrected chi connectivity index (χ2v) is 6.09. The zero-order valence-electron chi connectivity index (χ0n) is 14.8. The SMILES string of the molecule is COc1ccc(Cn2ncc(-c3ccc(=O)[nH]n3)c2-c2ccccc2)cc1. The summed E-state index contributed by atoms with van der Waals surface area (Å²) >= 11 is 0. The van der Waals surface area contributed by atoms with Crippen LogP contribution in [-0.2, 0) is 6.54 Å².